The Labute approximate surface area is 152 Å². The number of fused-ring (bicyclic) bond motifs is 1. The van der Waals surface area contributed by atoms with E-state index in [1.54, 1.807) is 38.1 Å². The maximum absolute atomic E-state index is 12.5. The first-order valence-electron chi connectivity index (χ1n) is 8.66. The fraction of sp³-hybridized carbons (Fsp3) is 0.474. The number of esters is 1. The lowest BCUT2D eigenvalue weighted by atomic mass is 10.0. The fourth-order valence-electron chi connectivity index (χ4n) is 2.41. The highest BCUT2D eigenvalue weighted by atomic mass is 16.5. The Kier molecular flexibility index (Phi) is 5.79. The second-order valence-electron chi connectivity index (χ2n) is 7.10. The standard InChI is InChI=1S/C19H25N3O4/c1-6-19(4,5)20-15(23)11-26-18(25)16-13-9-7-8-10-14(13)17(24)22(21-16)12(2)3/h7-10,12H,6,11H2,1-5H3,(H,20,23). The highest BCUT2D eigenvalue weighted by molar-refractivity contribution is 6.02. The predicted octanol–water partition coefficient (Wildman–Crippen LogP) is 2.44. The smallest absolute Gasteiger partial charge is 0.359 e. The minimum absolute atomic E-state index is 0.0245. The third kappa shape index (κ3) is 4.28. The normalized spacial score (nSPS) is 11.6. The molecule has 0 saturated carbocycles. The van der Waals surface area contributed by atoms with E-state index in [-0.39, 0.29) is 28.7 Å². The zero-order valence-electron chi connectivity index (χ0n) is 15.8. The number of carbonyl (C=O) groups excluding carboxylic acids is 2. The van der Waals surface area contributed by atoms with Crippen LogP contribution in [0.15, 0.2) is 29.1 Å². The van der Waals surface area contributed by atoms with Crippen LogP contribution in [0.25, 0.3) is 10.8 Å². The molecule has 0 aliphatic heterocycles. The van der Waals surface area contributed by atoms with Gasteiger partial charge in [0.15, 0.2) is 12.3 Å². The monoisotopic (exact) mass is 359 g/mol. The minimum atomic E-state index is -0.736. The van der Waals surface area contributed by atoms with Crippen molar-refractivity contribution in [3.05, 3.63) is 40.3 Å². The van der Waals surface area contributed by atoms with E-state index in [1.165, 1.54) is 4.68 Å². The molecule has 2 rings (SSSR count). The average Bonchev–Trinajstić information content (AvgIpc) is 2.59. The predicted molar refractivity (Wildman–Crippen MR) is 99.2 cm³/mol. The molecule has 0 saturated heterocycles. The molecule has 0 radical (unpaired) electrons. The van der Waals surface area contributed by atoms with Gasteiger partial charge in [0.2, 0.25) is 0 Å². The van der Waals surface area contributed by atoms with Crippen LogP contribution in [-0.4, -0.2) is 33.8 Å². The quantitative estimate of drug-likeness (QED) is 0.800. The molecule has 26 heavy (non-hydrogen) atoms. The summed E-state index contributed by atoms with van der Waals surface area (Å²) in [6.07, 6.45) is 0.748. The zero-order valence-corrected chi connectivity index (χ0v) is 15.8. The Balaban J connectivity index is 2.29. The van der Waals surface area contributed by atoms with E-state index in [9.17, 15) is 14.4 Å². The number of aromatic nitrogens is 2. The number of amides is 1. The first-order chi connectivity index (χ1) is 12.2. The summed E-state index contributed by atoms with van der Waals surface area (Å²) in [6.45, 7) is 8.94. The van der Waals surface area contributed by atoms with Crippen molar-refractivity contribution < 1.29 is 14.3 Å². The first-order valence-corrected chi connectivity index (χ1v) is 8.66. The highest BCUT2D eigenvalue weighted by Crippen LogP contribution is 2.16. The molecule has 1 N–H and O–H groups in total. The Morgan fingerprint density at radius 2 is 1.85 bits per heavy atom. The Morgan fingerprint density at radius 1 is 1.23 bits per heavy atom. The minimum Gasteiger partial charge on any atom is -0.451 e. The summed E-state index contributed by atoms with van der Waals surface area (Å²) in [6, 6.07) is 6.52. The molecule has 0 spiro atoms. The molecule has 1 heterocycles. The summed E-state index contributed by atoms with van der Waals surface area (Å²) in [5, 5.41) is 7.76. The number of benzene rings is 1. The van der Waals surface area contributed by atoms with Crippen molar-refractivity contribution >= 4 is 22.6 Å². The molecule has 0 aliphatic rings. The van der Waals surface area contributed by atoms with Crippen molar-refractivity contribution in [3.63, 3.8) is 0 Å². The van der Waals surface area contributed by atoms with E-state index in [0.29, 0.717) is 10.8 Å². The number of nitrogens with zero attached hydrogens (tertiary/aromatic N) is 2. The lowest BCUT2D eigenvalue weighted by Crippen LogP contribution is -2.44. The van der Waals surface area contributed by atoms with Crippen molar-refractivity contribution in [2.75, 3.05) is 6.61 Å². The van der Waals surface area contributed by atoms with Crippen LogP contribution in [0.3, 0.4) is 0 Å². The Hall–Kier alpha value is -2.70. The molecule has 0 aliphatic carbocycles. The third-order valence-corrected chi connectivity index (χ3v) is 4.21. The molecule has 0 unspecified atom stereocenters. The number of hydrogen-bond acceptors (Lipinski definition) is 5. The maximum atomic E-state index is 12.5. The SMILES string of the molecule is CCC(C)(C)NC(=O)COC(=O)c1nn(C(C)C)c(=O)c2ccccc12. The van der Waals surface area contributed by atoms with Crippen LogP contribution >= 0.6 is 0 Å². The van der Waals surface area contributed by atoms with Gasteiger partial charge in [-0.3, -0.25) is 9.59 Å². The van der Waals surface area contributed by atoms with E-state index in [0.717, 1.165) is 6.42 Å². The molecule has 1 aromatic heterocycles. The molecular weight excluding hydrogens is 334 g/mol. The Bertz CT molecular complexity index is 884. The molecule has 0 atom stereocenters. The lowest BCUT2D eigenvalue weighted by Gasteiger charge is -2.24. The van der Waals surface area contributed by atoms with Crippen molar-refractivity contribution in [1.29, 1.82) is 0 Å². The van der Waals surface area contributed by atoms with Gasteiger partial charge in [-0.1, -0.05) is 25.1 Å². The fourth-order valence-corrected chi connectivity index (χ4v) is 2.41. The van der Waals surface area contributed by atoms with Crippen LogP contribution in [0, 0.1) is 0 Å². The number of hydrogen-bond donors (Lipinski definition) is 1. The molecule has 7 nitrogen and oxygen atoms in total. The van der Waals surface area contributed by atoms with Crippen molar-refractivity contribution in [1.82, 2.24) is 15.1 Å². The zero-order chi connectivity index (χ0) is 19.5. The van der Waals surface area contributed by atoms with E-state index in [2.05, 4.69) is 10.4 Å². The average molecular weight is 359 g/mol. The van der Waals surface area contributed by atoms with Gasteiger partial charge in [0, 0.05) is 10.9 Å². The third-order valence-electron chi connectivity index (χ3n) is 4.21. The van der Waals surface area contributed by atoms with Crippen molar-refractivity contribution in [3.8, 4) is 0 Å². The van der Waals surface area contributed by atoms with Crippen LogP contribution in [0.5, 0.6) is 0 Å². The van der Waals surface area contributed by atoms with Crippen molar-refractivity contribution in [2.45, 2.75) is 52.6 Å². The maximum Gasteiger partial charge on any atom is 0.359 e. The van der Waals surface area contributed by atoms with Crippen molar-refractivity contribution in [2.24, 2.45) is 0 Å². The van der Waals surface area contributed by atoms with E-state index in [1.807, 2.05) is 20.8 Å². The summed E-state index contributed by atoms with van der Waals surface area (Å²) in [4.78, 5) is 37.0. The molecule has 2 aromatic rings. The number of carbonyl (C=O) groups is 2. The van der Waals surface area contributed by atoms with Crippen LogP contribution in [0.4, 0.5) is 0 Å². The summed E-state index contributed by atoms with van der Waals surface area (Å²) < 4.78 is 6.38. The molecule has 1 amide bonds. The van der Waals surface area contributed by atoms with Crippen LogP contribution in [-0.2, 0) is 9.53 Å². The number of ether oxygens (including phenoxy) is 1. The molecule has 7 heteroatoms. The topological polar surface area (TPSA) is 90.3 Å². The van der Waals surface area contributed by atoms with Gasteiger partial charge in [0.05, 0.1) is 11.4 Å². The van der Waals surface area contributed by atoms with Gasteiger partial charge in [-0.05, 0) is 40.2 Å². The van der Waals surface area contributed by atoms with Crippen LogP contribution < -0.4 is 10.9 Å². The van der Waals surface area contributed by atoms with Gasteiger partial charge < -0.3 is 10.1 Å². The molecule has 140 valence electrons. The van der Waals surface area contributed by atoms with Gasteiger partial charge in [-0.2, -0.15) is 5.10 Å². The van der Waals surface area contributed by atoms with Crippen LogP contribution in [0.1, 0.15) is 57.6 Å². The van der Waals surface area contributed by atoms with E-state index < -0.39 is 12.6 Å². The number of rotatable bonds is 6. The summed E-state index contributed by atoms with van der Waals surface area (Å²) >= 11 is 0. The second kappa shape index (κ2) is 7.68. The highest BCUT2D eigenvalue weighted by Gasteiger charge is 2.22. The lowest BCUT2D eigenvalue weighted by molar-refractivity contribution is -0.125. The first kappa shape index (κ1) is 19.6. The van der Waals surface area contributed by atoms with Gasteiger partial charge in [-0.15, -0.1) is 0 Å². The number of nitrogens with one attached hydrogen (secondary N) is 1. The van der Waals surface area contributed by atoms with Gasteiger partial charge in [0.25, 0.3) is 11.5 Å². The molecule has 0 fully saturated rings. The van der Waals surface area contributed by atoms with Gasteiger partial charge in [0.1, 0.15) is 0 Å². The molecular formula is C19H25N3O4. The molecule has 0 bridgehead atoms. The summed E-state index contributed by atoms with van der Waals surface area (Å²) in [5.41, 5.74) is -0.620. The van der Waals surface area contributed by atoms with Crippen LogP contribution in [0.2, 0.25) is 0 Å². The Morgan fingerprint density at radius 3 is 2.42 bits per heavy atom. The van der Waals surface area contributed by atoms with E-state index in [4.69, 9.17) is 4.74 Å². The molecule has 1 aromatic carbocycles. The van der Waals surface area contributed by atoms with Gasteiger partial charge in [-0.25, -0.2) is 9.48 Å². The van der Waals surface area contributed by atoms with Gasteiger partial charge >= 0.3 is 5.97 Å². The second-order valence-corrected chi connectivity index (χ2v) is 7.10. The largest absolute Gasteiger partial charge is 0.451 e. The van der Waals surface area contributed by atoms with E-state index >= 15 is 0 Å². The summed E-state index contributed by atoms with van der Waals surface area (Å²) in [7, 11) is 0. The summed E-state index contributed by atoms with van der Waals surface area (Å²) in [5.74, 6) is -1.12.